The summed E-state index contributed by atoms with van der Waals surface area (Å²) in [6.07, 6.45) is 0. The number of methoxy groups -OCH3 is 1. The smallest absolute Gasteiger partial charge is 0.256 e. The third-order valence-electron chi connectivity index (χ3n) is 3.57. The number of carbonyl (C=O) groups is 1. The number of carbonyl (C=O) groups excluding carboxylic acids is 1. The van der Waals surface area contributed by atoms with Crippen molar-refractivity contribution in [2.75, 3.05) is 17.7 Å². The number of nitrogens with one attached hydrogen (secondary N) is 2. The van der Waals surface area contributed by atoms with Crippen LogP contribution < -0.4 is 15.4 Å². The lowest BCUT2D eigenvalue weighted by Crippen LogP contribution is -2.13. The van der Waals surface area contributed by atoms with Gasteiger partial charge in [0, 0.05) is 12.1 Å². The SMILES string of the molecule is COc1ccc(CNc2ccc(NC(=O)c3ccccc3)nn2)cc1. The molecule has 126 valence electrons. The quantitative estimate of drug-likeness (QED) is 0.723. The standard InChI is InChI=1S/C19H18N4O2/c1-25-16-9-7-14(8-10-16)13-20-17-11-12-18(23-22-17)21-19(24)15-5-3-2-4-6-15/h2-12H,13H2,1H3,(H,20,22)(H,21,23,24). The summed E-state index contributed by atoms with van der Waals surface area (Å²) in [6, 6.07) is 20.2. The normalized spacial score (nSPS) is 10.1. The Hall–Kier alpha value is -3.41. The molecule has 1 aromatic heterocycles. The summed E-state index contributed by atoms with van der Waals surface area (Å²) in [5, 5.41) is 14.0. The van der Waals surface area contributed by atoms with Crippen molar-refractivity contribution in [2.45, 2.75) is 6.54 Å². The van der Waals surface area contributed by atoms with E-state index in [1.807, 2.05) is 42.5 Å². The maximum Gasteiger partial charge on any atom is 0.256 e. The monoisotopic (exact) mass is 334 g/mol. The zero-order valence-electron chi connectivity index (χ0n) is 13.8. The molecule has 3 aromatic rings. The summed E-state index contributed by atoms with van der Waals surface area (Å²) in [4.78, 5) is 12.1. The van der Waals surface area contributed by atoms with Crippen molar-refractivity contribution in [3.8, 4) is 5.75 Å². The molecule has 6 nitrogen and oxygen atoms in total. The predicted octanol–water partition coefficient (Wildman–Crippen LogP) is 3.35. The zero-order chi connectivity index (χ0) is 17.5. The molecule has 0 saturated carbocycles. The van der Waals surface area contributed by atoms with E-state index in [0.717, 1.165) is 11.3 Å². The molecular weight excluding hydrogens is 316 g/mol. The van der Waals surface area contributed by atoms with Gasteiger partial charge in [0.1, 0.15) is 11.6 Å². The number of benzene rings is 2. The second-order valence-corrected chi connectivity index (χ2v) is 5.33. The second kappa shape index (κ2) is 7.92. The van der Waals surface area contributed by atoms with Gasteiger partial charge in [-0.25, -0.2) is 0 Å². The van der Waals surface area contributed by atoms with E-state index in [4.69, 9.17) is 4.74 Å². The maximum absolute atomic E-state index is 12.1. The Morgan fingerprint density at radius 2 is 1.60 bits per heavy atom. The Balaban J connectivity index is 1.55. The van der Waals surface area contributed by atoms with Crippen LogP contribution in [0.4, 0.5) is 11.6 Å². The highest BCUT2D eigenvalue weighted by Crippen LogP contribution is 2.13. The molecule has 0 atom stereocenters. The fourth-order valence-corrected chi connectivity index (χ4v) is 2.21. The Labute approximate surface area is 145 Å². The molecule has 0 aliphatic carbocycles. The Morgan fingerprint density at radius 3 is 2.24 bits per heavy atom. The maximum atomic E-state index is 12.1. The van der Waals surface area contributed by atoms with Crippen LogP contribution in [0.3, 0.4) is 0 Å². The minimum atomic E-state index is -0.214. The van der Waals surface area contributed by atoms with E-state index in [9.17, 15) is 4.79 Å². The minimum Gasteiger partial charge on any atom is -0.497 e. The lowest BCUT2D eigenvalue weighted by Gasteiger charge is -2.07. The average Bonchev–Trinajstić information content (AvgIpc) is 2.68. The van der Waals surface area contributed by atoms with E-state index in [0.29, 0.717) is 23.7 Å². The van der Waals surface area contributed by atoms with Crippen molar-refractivity contribution in [1.29, 1.82) is 0 Å². The Kier molecular flexibility index (Phi) is 5.21. The van der Waals surface area contributed by atoms with Crippen LogP contribution in [0.1, 0.15) is 15.9 Å². The number of anilines is 2. The number of nitrogens with zero attached hydrogens (tertiary/aromatic N) is 2. The summed E-state index contributed by atoms with van der Waals surface area (Å²) < 4.78 is 5.13. The van der Waals surface area contributed by atoms with Crippen LogP contribution in [0, 0.1) is 0 Å². The summed E-state index contributed by atoms with van der Waals surface area (Å²) in [5.74, 6) is 1.65. The first-order valence-corrected chi connectivity index (χ1v) is 7.81. The third kappa shape index (κ3) is 4.54. The van der Waals surface area contributed by atoms with Crippen molar-refractivity contribution in [2.24, 2.45) is 0 Å². The highest BCUT2D eigenvalue weighted by Gasteiger charge is 2.06. The molecule has 0 fully saturated rings. The number of ether oxygens (including phenoxy) is 1. The van der Waals surface area contributed by atoms with Crippen molar-refractivity contribution in [3.63, 3.8) is 0 Å². The topological polar surface area (TPSA) is 76.1 Å². The average molecular weight is 334 g/mol. The van der Waals surface area contributed by atoms with Crippen LogP contribution in [0.15, 0.2) is 66.7 Å². The molecule has 6 heteroatoms. The molecule has 2 aromatic carbocycles. The van der Waals surface area contributed by atoms with E-state index >= 15 is 0 Å². The first-order valence-electron chi connectivity index (χ1n) is 7.81. The first-order chi connectivity index (χ1) is 12.2. The van der Waals surface area contributed by atoms with Crippen LogP contribution >= 0.6 is 0 Å². The summed E-state index contributed by atoms with van der Waals surface area (Å²) in [6.45, 7) is 0.619. The zero-order valence-corrected chi connectivity index (χ0v) is 13.8. The van der Waals surface area contributed by atoms with Gasteiger partial charge in [-0.3, -0.25) is 4.79 Å². The Morgan fingerprint density at radius 1 is 0.920 bits per heavy atom. The van der Waals surface area contributed by atoms with E-state index in [2.05, 4.69) is 20.8 Å². The van der Waals surface area contributed by atoms with Crippen molar-refractivity contribution in [3.05, 3.63) is 77.9 Å². The van der Waals surface area contributed by atoms with Crippen LogP contribution in [-0.4, -0.2) is 23.2 Å². The van der Waals surface area contributed by atoms with Crippen LogP contribution in [0.5, 0.6) is 5.75 Å². The number of aromatic nitrogens is 2. The van der Waals surface area contributed by atoms with E-state index < -0.39 is 0 Å². The van der Waals surface area contributed by atoms with Gasteiger partial charge in [-0.2, -0.15) is 0 Å². The van der Waals surface area contributed by atoms with Crippen molar-refractivity contribution < 1.29 is 9.53 Å². The fraction of sp³-hybridized carbons (Fsp3) is 0.105. The van der Waals surface area contributed by atoms with Gasteiger partial charge in [-0.1, -0.05) is 30.3 Å². The van der Waals surface area contributed by atoms with E-state index in [1.54, 1.807) is 31.4 Å². The lowest BCUT2D eigenvalue weighted by atomic mass is 10.2. The molecule has 1 heterocycles. The lowest BCUT2D eigenvalue weighted by molar-refractivity contribution is 0.102. The van der Waals surface area contributed by atoms with Gasteiger partial charge in [0.2, 0.25) is 0 Å². The molecule has 1 amide bonds. The van der Waals surface area contributed by atoms with Crippen LogP contribution in [0.2, 0.25) is 0 Å². The molecule has 0 spiro atoms. The van der Waals surface area contributed by atoms with Gasteiger partial charge in [-0.05, 0) is 42.0 Å². The highest BCUT2D eigenvalue weighted by atomic mass is 16.5. The molecule has 0 bridgehead atoms. The number of hydrogen-bond donors (Lipinski definition) is 2. The molecule has 0 unspecified atom stereocenters. The Bertz CT molecular complexity index is 818. The van der Waals surface area contributed by atoms with Gasteiger partial charge in [0.05, 0.1) is 7.11 Å². The third-order valence-corrected chi connectivity index (χ3v) is 3.57. The molecule has 0 saturated heterocycles. The first kappa shape index (κ1) is 16.4. The van der Waals surface area contributed by atoms with Gasteiger partial charge < -0.3 is 15.4 Å². The summed E-state index contributed by atoms with van der Waals surface area (Å²) >= 11 is 0. The number of amides is 1. The van der Waals surface area contributed by atoms with Crippen LogP contribution in [-0.2, 0) is 6.54 Å². The summed E-state index contributed by atoms with van der Waals surface area (Å²) in [7, 11) is 1.64. The molecule has 3 rings (SSSR count). The molecule has 25 heavy (non-hydrogen) atoms. The number of hydrogen-bond acceptors (Lipinski definition) is 5. The van der Waals surface area contributed by atoms with E-state index in [-0.39, 0.29) is 5.91 Å². The molecule has 0 aliphatic rings. The molecule has 0 radical (unpaired) electrons. The predicted molar refractivity (Wildman–Crippen MR) is 96.7 cm³/mol. The minimum absolute atomic E-state index is 0.214. The van der Waals surface area contributed by atoms with Gasteiger partial charge in [-0.15, -0.1) is 10.2 Å². The van der Waals surface area contributed by atoms with E-state index in [1.165, 1.54) is 0 Å². The van der Waals surface area contributed by atoms with Gasteiger partial charge in [0.25, 0.3) is 5.91 Å². The van der Waals surface area contributed by atoms with Crippen LogP contribution in [0.25, 0.3) is 0 Å². The van der Waals surface area contributed by atoms with Gasteiger partial charge in [0.15, 0.2) is 5.82 Å². The highest BCUT2D eigenvalue weighted by molar-refractivity contribution is 6.03. The van der Waals surface area contributed by atoms with Gasteiger partial charge >= 0.3 is 0 Å². The molecule has 0 aliphatic heterocycles. The number of rotatable bonds is 6. The summed E-state index contributed by atoms with van der Waals surface area (Å²) in [5.41, 5.74) is 1.68. The largest absolute Gasteiger partial charge is 0.497 e. The fourth-order valence-electron chi connectivity index (χ4n) is 2.21. The van der Waals surface area contributed by atoms with Crippen molar-refractivity contribution in [1.82, 2.24) is 10.2 Å². The molecular formula is C19H18N4O2. The molecule has 2 N–H and O–H groups in total. The van der Waals surface area contributed by atoms with Crippen molar-refractivity contribution >= 4 is 17.5 Å². The second-order valence-electron chi connectivity index (χ2n) is 5.33.